The normalized spacial score (nSPS) is 11.8. The third-order valence-electron chi connectivity index (χ3n) is 6.18. The van der Waals surface area contributed by atoms with E-state index in [1.165, 1.54) is 48.4 Å². The van der Waals surface area contributed by atoms with Crippen LogP contribution >= 0.6 is 0 Å². The van der Waals surface area contributed by atoms with Gasteiger partial charge in [-0.1, -0.05) is 37.3 Å². The number of methoxy groups -OCH3 is 1. The SMILES string of the molecule is CCNC(=O)C(CC)N(Cc1cccc(OC)c1)C(=O)CN(c1ccc([N+](=O)[O-])cc1)S(=O)(=O)c1ccccc1. The minimum Gasteiger partial charge on any atom is -0.497 e. The summed E-state index contributed by atoms with van der Waals surface area (Å²) in [7, 11) is -2.75. The molecule has 11 nitrogen and oxygen atoms in total. The summed E-state index contributed by atoms with van der Waals surface area (Å²) in [6.07, 6.45) is 0.282. The van der Waals surface area contributed by atoms with Gasteiger partial charge in [-0.3, -0.25) is 24.0 Å². The summed E-state index contributed by atoms with van der Waals surface area (Å²) >= 11 is 0. The molecule has 0 aliphatic carbocycles. The fraction of sp³-hybridized carbons (Fsp3) is 0.286. The van der Waals surface area contributed by atoms with Crippen molar-refractivity contribution < 1.29 is 27.7 Å². The number of hydrogen-bond acceptors (Lipinski definition) is 7. The van der Waals surface area contributed by atoms with E-state index in [-0.39, 0.29) is 35.1 Å². The fourth-order valence-electron chi connectivity index (χ4n) is 4.17. The second kappa shape index (κ2) is 13.6. The lowest BCUT2D eigenvalue weighted by molar-refractivity contribution is -0.384. The van der Waals surface area contributed by atoms with Crippen molar-refractivity contribution >= 4 is 33.2 Å². The first-order valence-electron chi connectivity index (χ1n) is 12.6. The number of nitrogens with zero attached hydrogens (tertiary/aromatic N) is 3. The third-order valence-corrected chi connectivity index (χ3v) is 7.97. The molecule has 0 fully saturated rings. The van der Waals surface area contributed by atoms with E-state index in [1.54, 1.807) is 56.3 Å². The zero-order valence-corrected chi connectivity index (χ0v) is 23.3. The van der Waals surface area contributed by atoms with Crippen LogP contribution in [0, 0.1) is 10.1 Å². The number of rotatable bonds is 13. The molecule has 0 aromatic heterocycles. The number of nitrogens with one attached hydrogen (secondary N) is 1. The number of sulfonamides is 1. The van der Waals surface area contributed by atoms with Gasteiger partial charge in [-0.05, 0) is 55.3 Å². The van der Waals surface area contributed by atoms with E-state index in [0.717, 1.165) is 4.31 Å². The topological polar surface area (TPSA) is 139 Å². The largest absolute Gasteiger partial charge is 0.497 e. The number of amides is 2. The number of anilines is 1. The molecule has 212 valence electrons. The van der Waals surface area contributed by atoms with Crippen molar-refractivity contribution in [3.05, 3.63) is 94.5 Å². The van der Waals surface area contributed by atoms with E-state index in [2.05, 4.69) is 5.32 Å². The predicted octanol–water partition coefficient (Wildman–Crippen LogP) is 3.74. The molecule has 1 N–H and O–H groups in total. The highest BCUT2D eigenvalue weighted by atomic mass is 32.2. The third kappa shape index (κ3) is 7.14. The van der Waals surface area contributed by atoms with Gasteiger partial charge in [0.25, 0.3) is 15.7 Å². The van der Waals surface area contributed by atoms with Crippen LogP contribution in [-0.2, 0) is 26.2 Å². The van der Waals surface area contributed by atoms with E-state index in [9.17, 15) is 28.1 Å². The minimum absolute atomic E-state index is 0.0190. The average molecular weight is 569 g/mol. The second-order valence-electron chi connectivity index (χ2n) is 8.79. The van der Waals surface area contributed by atoms with Crippen molar-refractivity contribution in [3.8, 4) is 5.75 Å². The summed E-state index contributed by atoms with van der Waals surface area (Å²) < 4.78 is 33.7. The molecule has 0 aliphatic rings. The van der Waals surface area contributed by atoms with Crippen molar-refractivity contribution in [2.24, 2.45) is 0 Å². The molecular formula is C28H32N4O7S. The standard InChI is InChI=1S/C28H32N4O7S/c1-4-26(28(34)29-5-2)30(19-21-10-9-11-24(18-21)39-3)27(33)20-31(22-14-16-23(17-15-22)32(35)36)40(37,38)25-12-7-6-8-13-25/h6-18,26H,4-5,19-20H2,1-3H3,(H,29,34). The number of likely N-dealkylation sites (N-methyl/N-ethyl adjacent to an activating group) is 1. The lowest BCUT2D eigenvalue weighted by atomic mass is 10.1. The zero-order chi connectivity index (χ0) is 29.3. The van der Waals surface area contributed by atoms with Crippen LogP contribution in [0.1, 0.15) is 25.8 Å². The summed E-state index contributed by atoms with van der Waals surface area (Å²) in [6, 6.07) is 18.6. The Hall–Kier alpha value is -4.45. The molecule has 40 heavy (non-hydrogen) atoms. The maximum absolute atomic E-state index is 13.9. The first kappa shape index (κ1) is 30.1. The Morgan fingerprint density at radius 2 is 1.68 bits per heavy atom. The van der Waals surface area contributed by atoms with Gasteiger partial charge in [0.05, 0.1) is 22.6 Å². The highest BCUT2D eigenvalue weighted by Gasteiger charge is 2.33. The molecule has 3 aromatic carbocycles. The number of benzene rings is 3. The van der Waals surface area contributed by atoms with E-state index in [0.29, 0.717) is 17.9 Å². The molecular weight excluding hydrogens is 536 g/mol. The number of non-ortho nitro benzene ring substituents is 1. The molecule has 0 aliphatic heterocycles. The van der Waals surface area contributed by atoms with Crippen LogP contribution in [-0.4, -0.2) is 56.3 Å². The first-order chi connectivity index (χ1) is 19.1. The van der Waals surface area contributed by atoms with Gasteiger partial charge in [0.15, 0.2) is 0 Å². The number of nitro benzene ring substituents is 1. The van der Waals surface area contributed by atoms with Gasteiger partial charge >= 0.3 is 0 Å². The zero-order valence-electron chi connectivity index (χ0n) is 22.5. The van der Waals surface area contributed by atoms with Gasteiger partial charge in [0.1, 0.15) is 18.3 Å². The monoisotopic (exact) mass is 568 g/mol. The van der Waals surface area contributed by atoms with Crippen LogP contribution in [0.3, 0.4) is 0 Å². The molecule has 0 bridgehead atoms. The molecule has 0 saturated heterocycles. The quantitative estimate of drug-likeness (QED) is 0.245. The molecule has 2 amide bonds. The van der Waals surface area contributed by atoms with Crippen LogP contribution in [0.25, 0.3) is 0 Å². The van der Waals surface area contributed by atoms with E-state index < -0.39 is 33.4 Å². The lowest BCUT2D eigenvalue weighted by Crippen LogP contribution is -2.52. The van der Waals surface area contributed by atoms with Crippen LogP contribution < -0.4 is 14.4 Å². The van der Waals surface area contributed by atoms with Crippen molar-refractivity contribution in [2.75, 3.05) is 24.5 Å². The molecule has 0 spiro atoms. The lowest BCUT2D eigenvalue weighted by Gasteiger charge is -2.33. The highest BCUT2D eigenvalue weighted by Crippen LogP contribution is 2.27. The summed E-state index contributed by atoms with van der Waals surface area (Å²) in [6.45, 7) is 3.26. The number of ether oxygens (including phenoxy) is 1. The Balaban J connectivity index is 2.07. The molecule has 1 unspecified atom stereocenters. The maximum Gasteiger partial charge on any atom is 0.269 e. The van der Waals surface area contributed by atoms with E-state index in [4.69, 9.17) is 4.74 Å². The van der Waals surface area contributed by atoms with Crippen molar-refractivity contribution in [3.63, 3.8) is 0 Å². The second-order valence-corrected chi connectivity index (χ2v) is 10.7. The number of hydrogen-bond donors (Lipinski definition) is 1. The van der Waals surface area contributed by atoms with Gasteiger partial charge in [0.2, 0.25) is 11.8 Å². The number of carbonyl (C=O) groups is 2. The van der Waals surface area contributed by atoms with Gasteiger partial charge in [-0.2, -0.15) is 0 Å². The molecule has 12 heteroatoms. The summed E-state index contributed by atoms with van der Waals surface area (Å²) in [5.41, 5.74) is 0.521. The van der Waals surface area contributed by atoms with Gasteiger partial charge < -0.3 is 15.0 Å². The Kier molecular flexibility index (Phi) is 10.2. The van der Waals surface area contributed by atoms with Gasteiger partial charge in [-0.25, -0.2) is 8.42 Å². The van der Waals surface area contributed by atoms with Gasteiger partial charge in [-0.15, -0.1) is 0 Å². The minimum atomic E-state index is -4.27. The highest BCUT2D eigenvalue weighted by molar-refractivity contribution is 7.92. The summed E-state index contributed by atoms with van der Waals surface area (Å²) in [5.74, 6) is -0.428. The smallest absolute Gasteiger partial charge is 0.269 e. The Morgan fingerprint density at radius 3 is 2.25 bits per heavy atom. The van der Waals surface area contributed by atoms with Crippen LogP contribution in [0.2, 0.25) is 0 Å². The Labute approximate surface area is 233 Å². The summed E-state index contributed by atoms with van der Waals surface area (Å²) in [5, 5.41) is 13.9. The Morgan fingerprint density at radius 1 is 1.00 bits per heavy atom. The molecule has 0 radical (unpaired) electrons. The predicted molar refractivity (Wildman–Crippen MR) is 150 cm³/mol. The van der Waals surface area contributed by atoms with Crippen molar-refractivity contribution in [2.45, 2.75) is 37.8 Å². The fourth-order valence-corrected chi connectivity index (χ4v) is 5.60. The molecule has 0 heterocycles. The van der Waals surface area contributed by atoms with E-state index in [1.807, 2.05) is 0 Å². The van der Waals surface area contributed by atoms with Crippen LogP contribution in [0.15, 0.2) is 83.8 Å². The number of nitro groups is 1. The maximum atomic E-state index is 13.9. The summed E-state index contributed by atoms with van der Waals surface area (Å²) in [4.78, 5) is 38.8. The first-order valence-corrected chi connectivity index (χ1v) is 14.1. The Bertz CT molecular complexity index is 1430. The molecule has 0 saturated carbocycles. The van der Waals surface area contributed by atoms with Crippen molar-refractivity contribution in [1.82, 2.24) is 10.2 Å². The van der Waals surface area contributed by atoms with Gasteiger partial charge in [0, 0.05) is 25.2 Å². The average Bonchev–Trinajstić information content (AvgIpc) is 2.96. The van der Waals surface area contributed by atoms with Crippen molar-refractivity contribution in [1.29, 1.82) is 0 Å². The molecule has 1 atom stereocenters. The molecule has 3 aromatic rings. The molecule has 3 rings (SSSR count). The number of carbonyl (C=O) groups excluding carboxylic acids is 2. The van der Waals surface area contributed by atoms with E-state index >= 15 is 0 Å². The van der Waals surface area contributed by atoms with Crippen LogP contribution in [0.4, 0.5) is 11.4 Å². The van der Waals surface area contributed by atoms with Crippen LogP contribution in [0.5, 0.6) is 5.75 Å².